The molecule has 0 aliphatic rings. The fourth-order valence-corrected chi connectivity index (χ4v) is 2.13. The minimum Gasteiger partial charge on any atom is -0.356 e. The highest BCUT2D eigenvalue weighted by Crippen LogP contribution is 2.21. The lowest BCUT2D eigenvalue weighted by atomic mass is 10.1. The van der Waals surface area contributed by atoms with Gasteiger partial charge in [-0.15, -0.1) is 0 Å². The second kappa shape index (κ2) is 4.46. The second-order valence-corrected chi connectivity index (χ2v) is 6.15. The van der Waals surface area contributed by atoms with Gasteiger partial charge in [0.1, 0.15) is 17.3 Å². The standard InChI is InChI=1S/C10H7ClFNO3S/c11-17(14,15)6-9-5-10(16-13-9)7-1-3-8(12)4-2-7/h1-5H,6H2. The number of benzene rings is 1. The molecule has 4 nitrogen and oxygen atoms in total. The summed E-state index contributed by atoms with van der Waals surface area (Å²) in [5.74, 6) is -0.406. The van der Waals surface area contributed by atoms with Gasteiger partial charge in [-0.25, -0.2) is 12.8 Å². The number of hydrogen-bond donors (Lipinski definition) is 0. The maximum atomic E-state index is 12.7. The highest BCUT2D eigenvalue weighted by Gasteiger charge is 2.13. The predicted octanol–water partition coefficient (Wildman–Crippen LogP) is 2.55. The summed E-state index contributed by atoms with van der Waals surface area (Å²) in [4.78, 5) is 0. The maximum Gasteiger partial charge on any atom is 0.238 e. The third-order valence-electron chi connectivity index (χ3n) is 2.01. The minimum atomic E-state index is -3.66. The molecule has 0 bridgehead atoms. The third kappa shape index (κ3) is 3.28. The lowest BCUT2D eigenvalue weighted by Crippen LogP contribution is -1.94. The minimum absolute atomic E-state index is 0.208. The van der Waals surface area contributed by atoms with E-state index >= 15 is 0 Å². The van der Waals surface area contributed by atoms with Crippen molar-refractivity contribution in [3.8, 4) is 11.3 Å². The van der Waals surface area contributed by atoms with Crippen LogP contribution in [0.25, 0.3) is 11.3 Å². The molecule has 1 heterocycles. The summed E-state index contributed by atoms with van der Waals surface area (Å²) in [6, 6.07) is 7.02. The maximum absolute atomic E-state index is 12.7. The Labute approximate surface area is 101 Å². The van der Waals surface area contributed by atoms with Gasteiger partial charge in [-0.05, 0) is 24.3 Å². The van der Waals surface area contributed by atoms with Gasteiger partial charge in [-0.2, -0.15) is 0 Å². The SMILES string of the molecule is O=S(=O)(Cl)Cc1cc(-c2ccc(F)cc2)on1. The molecular weight excluding hydrogens is 269 g/mol. The summed E-state index contributed by atoms with van der Waals surface area (Å²) in [5, 5.41) is 3.57. The highest BCUT2D eigenvalue weighted by atomic mass is 35.7. The van der Waals surface area contributed by atoms with Gasteiger partial charge in [0.25, 0.3) is 0 Å². The first-order valence-corrected chi connectivity index (χ1v) is 7.06. The topological polar surface area (TPSA) is 60.2 Å². The van der Waals surface area contributed by atoms with Crippen molar-refractivity contribution < 1.29 is 17.3 Å². The number of hydrogen-bond acceptors (Lipinski definition) is 4. The number of aromatic nitrogens is 1. The van der Waals surface area contributed by atoms with E-state index in [9.17, 15) is 12.8 Å². The molecule has 0 aliphatic carbocycles. The smallest absolute Gasteiger partial charge is 0.238 e. The molecule has 0 saturated heterocycles. The first kappa shape index (κ1) is 12.1. The normalized spacial score (nSPS) is 11.6. The van der Waals surface area contributed by atoms with Crippen LogP contribution in [0.1, 0.15) is 5.69 Å². The Bertz CT molecular complexity index is 621. The van der Waals surface area contributed by atoms with E-state index in [1.807, 2.05) is 0 Å². The molecule has 0 atom stereocenters. The van der Waals surface area contributed by atoms with E-state index in [0.717, 1.165) is 0 Å². The molecular formula is C10H7ClFNO3S. The van der Waals surface area contributed by atoms with Gasteiger partial charge in [-0.1, -0.05) is 5.16 Å². The van der Waals surface area contributed by atoms with Crippen LogP contribution in [0.15, 0.2) is 34.9 Å². The van der Waals surface area contributed by atoms with Crippen molar-refractivity contribution in [1.82, 2.24) is 5.16 Å². The lowest BCUT2D eigenvalue weighted by molar-refractivity contribution is 0.426. The Balaban J connectivity index is 2.27. The third-order valence-corrected chi connectivity index (χ3v) is 2.98. The van der Waals surface area contributed by atoms with Crippen molar-refractivity contribution in [2.75, 3.05) is 0 Å². The fraction of sp³-hybridized carbons (Fsp3) is 0.100. The number of nitrogens with zero attached hydrogens (tertiary/aromatic N) is 1. The molecule has 0 unspecified atom stereocenters. The van der Waals surface area contributed by atoms with Gasteiger partial charge < -0.3 is 4.52 Å². The van der Waals surface area contributed by atoms with Gasteiger partial charge >= 0.3 is 0 Å². The Morgan fingerprint density at radius 1 is 1.29 bits per heavy atom. The molecule has 2 rings (SSSR count). The number of halogens is 2. The number of rotatable bonds is 3. The Morgan fingerprint density at radius 3 is 2.53 bits per heavy atom. The van der Waals surface area contributed by atoms with Gasteiger partial charge in [0.05, 0.1) is 0 Å². The summed E-state index contributed by atoms with van der Waals surface area (Å²) < 4.78 is 39.3. The monoisotopic (exact) mass is 275 g/mol. The van der Waals surface area contributed by atoms with Crippen LogP contribution in [0.4, 0.5) is 4.39 Å². The van der Waals surface area contributed by atoms with Crippen molar-refractivity contribution in [1.29, 1.82) is 0 Å². The molecule has 1 aromatic heterocycles. The van der Waals surface area contributed by atoms with E-state index in [0.29, 0.717) is 11.3 Å². The predicted molar refractivity (Wildman–Crippen MR) is 60.4 cm³/mol. The average molecular weight is 276 g/mol. The zero-order valence-electron chi connectivity index (χ0n) is 8.43. The molecule has 0 spiro atoms. The van der Waals surface area contributed by atoms with Crippen LogP contribution in [0.2, 0.25) is 0 Å². The molecule has 0 amide bonds. The van der Waals surface area contributed by atoms with E-state index in [-0.39, 0.29) is 11.5 Å². The summed E-state index contributed by atoms with van der Waals surface area (Å²) in [7, 11) is 1.42. The van der Waals surface area contributed by atoms with Crippen molar-refractivity contribution >= 4 is 19.7 Å². The Morgan fingerprint density at radius 2 is 1.94 bits per heavy atom. The molecule has 0 fully saturated rings. The first-order valence-electron chi connectivity index (χ1n) is 4.58. The molecule has 0 aliphatic heterocycles. The van der Waals surface area contributed by atoms with Gasteiger partial charge in [0.2, 0.25) is 9.05 Å². The summed E-state index contributed by atoms with van der Waals surface area (Å²) >= 11 is 0. The molecule has 2 aromatic rings. The lowest BCUT2D eigenvalue weighted by Gasteiger charge is -1.93. The Hall–Kier alpha value is -1.40. The van der Waals surface area contributed by atoms with Crippen LogP contribution < -0.4 is 0 Å². The van der Waals surface area contributed by atoms with E-state index in [1.165, 1.54) is 30.3 Å². The first-order chi connectivity index (χ1) is 7.94. The summed E-state index contributed by atoms with van der Waals surface area (Å²) in [5.41, 5.74) is 0.816. The Kier molecular flexibility index (Phi) is 3.17. The van der Waals surface area contributed by atoms with Crippen molar-refractivity contribution in [2.45, 2.75) is 5.75 Å². The summed E-state index contributed by atoms with van der Waals surface area (Å²) in [6.45, 7) is 0. The van der Waals surface area contributed by atoms with Crippen molar-refractivity contribution in [3.05, 3.63) is 41.8 Å². The van der Waals surface area contributed by atoms with E-state index in [2.05, 4.69) is 5.16 Å². The molecule has 0 radical (unpaired) electrons. The quantitative estimate of drug-likeness (QED) is 0.808. The van der Waals surface area contributed by atoms with Crippen LogP contribution in [0, 0.1) is 5.82 Å². The van der Waals surface area contributed by atoms with Crippen LogP contribution in [0.3, 0.4) is 0 Å². The fourth-order valence-electron chi connectivity index (χ4n) is 1.31. The van der Waals surface area contributed by atoms with Crippen LogP contribution in [-0.4, -0.2) is 13.6 Å². The van der Waals surface area contributed by atoms with Gasteiger partial charge in [0, 0.05) is 22.3 Å². The van der Waals surface area contributed by atoms with E-state index in [4.69, 9.17) is 15.2 Å². The largest absolute Gasteiger partial charge is 0.356 e. The van der Waals surface area contributed by atoms with Crippen molar-refractivity contribution in [3.63, 3.8) is 0 Å². The molecule has 7 heteroatoms. The van der Waals surface area contributed by atoms with Crippen LogP contribution in [-0.2, 0) is 14.8 Å². The summed E-state index contributed by atoms with van der Waals surface area (Å²) in [6.07, 6.45) is 0. The van der Waals surface area contributed by atoms with Gasteiger partial charge in [-0.3, -0.25) is 0 Å². The van der Waals surface area contributed by atoms with Gasteiger partial charge in [0.15, 0.2) is 5.76 Å². The van der Waals surface area contributed by atoms with E-state index in [1.54, 1.807) is 0 Å². The zero-order chi connectivity index (χ0) is 12.5. The van der Waals surface area contributed by atoms with Crippen LogP contribution in [0.5, 0.6) is 0 Å². The van der Waals surface area contributed by atoms with Crippen molar-refractivity contribution in [2.24, 2.45) is 0 Å². The van der Waals surface area contributed by atoms with E-state index < -0.39 is 14.8 Å². The molecule has 0 N–H and O–H groups in total. The molecule has 0 saturated carbocycles. The highest BCUT2D eigenvalue weighted by molar-refractivity contribution is 8.13. The molecule has 17 heavy (non-hydrogen) atoms. The zero-order valence-corrected chi connectivity index (χ0v) is 10.0. The molecule has 1 aromatic carbocycles. The molecule has 90 valence electrons. The average Bonchev–Trinajstić information content (AvgIpc) is 2.64. The second-order valence-electron chi connectivity index (χ2n) is 3.37. The van der Waals surface area contributed by atoms with Crippen LogP contribution >= 0.6 is 10.7 Å².